The standard InChI is InChI=1S/C23H26N2O3S/c1-18-8-5-12-21(16-18)25(29(2,27)28)15-7-14-23(26)24-17-20-11-6-10-19-9-3-4-13-22(19)20/h3-6,8-13,16H,7,14-15,17H2,1-2H3,(H,24,26). The average Bonchev–Trinajstić information content (AvgIpc) is 2.68. The summed E-state index contributed by atoms with van der Waals surface area (Å²) >= 11 is 0. The number of fused-ring (bicyclic) bond motifs is 1. The lowest BCUT2D eigenvalue weighted by atomic mass is 10.0. The molecule has 1 amide bonds. The van der Waals surface area contributed by atoms with Crippen molar-refractivity contribution in [2.24, 2.45) is 0 Å². The third-order valence-electron chi connectivity index (χ3n) is 4.81. The zero-order valence-corrected chi connectivity index (χ0v) is 17.6. The molecule has 3 aromatic carbocycles. The minimum absolute atomic E-state index is 0.0874. The Hall–Kier alpha value is -2.86. The molecule has 3 aromatic rings. The van der Waals surface area contributed by atoms with Crippen molar-refractivity contribution >= 4 is 32.4 Å². The first-order valence-electron chi connectivity index (χ1n) is 9.62. The van der Waals surface area contributed by atoms with Crippen LogP contribution in [0.5, 0.6) is 0 Å². The van der Waals surface area contributed by atoms with E-state index in [2.05, 4.69) is 5.32 Å². The van der Waals surface area contributed by atoms with Crippen LogP contribution < -0.4 is 9.62 Å². The molecule has 0 fully saturated rings. The van der Waals surface area contributed by atoms with E-state index >= 15 is 0 Å². The summed E-state index contributed by atoms with van der Waals surface area (Å²) in [5, 5.41) is 5.21. The molecule has 0 spiro atoms. The van der Waals surface area contributed by atoms with E-state index in [1.54, 1.807) is 6.07 Å². The second-order valence-corrected chi connectivity index (χ2v) is 9.10. The summed E-state index contributed by atoms with van der Waals surface area (Å²) in [5.74, 6) is -0.0874. The van der Waals surface area contributed by atoms with Gasteiger partial charge in [0.15, 0.2) is 0 Å². The highest BCUT2D eigenvalue weighted by molar-refractivity contribution is 7.92. The van der Waals surface area contributed by atoms with Crippen LogP contribution in [0.4, 0.5) is 5.69 Å². The number of nitrogens with zero attached hydrogens (tertiary/aromatic N) is 1. The molecule has 0 aliphatic carbocycles. The zero-order chi connectivity index (χ0) is 20.9. The lowest BCUT2D eigenvalue weighted by Crippen LogP contribution is -2.32. The molecular formula is C23H26N2O3S. The molecule has 0 bridgehead atoms. The summed E-state index contributed by atoms with van der Waals surface area (Å²) in [7, 11) is -3.41. The van der Waals surface area contributed by atoms with E-state index in [0.717, 1.165) is 21.9 Å². The number of carbonyl (C=O) groups excluding carboxylic acids is 1. The number of sulfonamides is 1. The Labute approximate surface area is 172 Å². The minimum Gasteiger partial charge on any atom is -0.352 e. The molecule has 5 nitrogen and oxygen atoms in total. The first-order valence-corrected chi connectivity index (χ1v) is 11.5. The first-order chi connectivity index (χ1) is 13.8. The summed E-state index contributed by atoms with van der Waals surface area (Å²) in [4.78, 5) is 12.3. The average molecular weight is 411 g/mol. The Morgan fingerprint density at radius 2 is 1.72 bits per heavy atom. The topological polar surface area (TPSA) is 66.5 Å². The second kappa shape index (κ2) is 9.09. The van der Waals surface area contributed by atoms with Gasteiger partial charge >= 0.3 is 0 Å². The molecule has 29 heavy (non-hydrogen) atoms. The summed E-state index contributed by atoms with van der Waals surface area (Å²) in [5.41, 5.74) is 2.68. The van der Waals surface area contributed by atoms with Gasteiger partial charge in [-0.2, -0.15) is 0 Å². The Bertz CT molecular complexity index is 1100. The van der Waals surface area contributed by atoms with E-state index in [4.69, 9.17) is 0 Å². The molecule has 152 valence electrons. The largest absolute Gasteiger partial charge is 0.352 e. The Kier molecular flexibility index (Phi) is 6.54. The van der Waals surface area contributed by atoms with Crippen LogP contribution in [0.15, 0.2) is 66.7 Å². The van der Waals surface area contributed by atoms with Gasteiger partial charge in [0, 0.05) is 19.5 Å². The molecular weight excluding hydrogens is 384 g/mol. The maximum Gasteiger partial charge on any atom is 0.232 e. The number of rotatable bonds is 8. The third kappa shape index (κ3) is 5.57. The van der Waals surface area contributed by atoms with Crippen molar-refractivity contribution in [2.75, 3.05) is 17.1 Å². The highest BCUT2D eigenvalue weighted by atomic mass is 32.2. The van der Waals surface area contributed by atoms with Crippen molar-refractivity contribution in [2.45, 2.75) is 26.3 Å². The molecule has 0 saturated heterocycles. The van der Waals surface area contributed by atoms with Gasteiger partial charge in [0.05, 0.1) is 11.9 Å². The maximum atomic E-state index is 12.3. The van der Waals surface area contributed by atoms with E-state index in [-0.39, 0.29) is 18.9 Å². The molecule has 0 aromatic heterocycles. The molecule has 6 heteroatoms. The van der Waals surface area contributed by atoms with Gasteiger partial charge in [0.2, 0.25) is 15.9 Å². The van der Waals surface area contributed by atoms with Crippen molar-refractivity contribution in [3.63, 3.8) is 0 Å². The fourth-order valence-corrected chi connectivity index (χ4v) is 4.34. The second-order valence-electron chi connectivity index (χ2n) is 7.19. The fourth-order valence-electron chi connectivity index (χ4n) is 3.38. The monoisotopic (exact) mass is 410 g/mol. The van der Waals surface area contributed by atoms with Crippen molar-refractivity contribution in [3.8, 4) is 0 Å². The van der Waals surface area contributed by atoms with Crippen LogP contribution in [0, 0.1) is 6.92 Å². The number of aryl methyl sites for hydroxylation is 1. The van der Waals surface area contributed by atoms with E-state index in [1.807, 2.05) is 67.6 Å². The van der Waals surface area contributed by atoms with Crippen LogP contribution in [0.3, 0.4) is 0 Å². The first kappa shape index (κ1) is 20.9. The van der Waals surface area contributed by atoms with Gasteiger partial charge in [-0.05, 0) is 47.4 Å². The quantitative estimate of drug-likeness (QED) is 0.610. The molecule has 0 aliphatic rings. The lowest BCUT2D eigenvalue weighted by Gasteiger charge is -2.22. The Balaban J connectivity index is 1.57. The molecule has 0 unspecified atom stereocenters. The summed E-state index contributed by atoms with van der Waals surface area (Å²) < 4.78 is 25.7. The van der Waals surface area contributed by atoms with Gasteiger partial charge in [0.1, 0.15) is 0 Å². The van der Waals surface area contributed by atoms with Crippen LogP contribution in [0.25, 0.3) is 10.8 Å². The smallest absolute Gasteiger partial charge is 0.232 e. The number of hydrogen-bond acceptors (Lipinski definition) is 3. The van der Waals surface area contributed by atoms with E-state index in [1.165, 1.54) is 10.6 Å². The number of anilines is 1. The minimum atomic E-state index is -3.41. The molecule has 0 saturated carbocycles. The fraction of sp³-hybridized carbons (Fsp3) is 0.261. The molecule has 3 rings (SSSR count). The molecule has 0 aliphatic heterocycles. The SMILES string of the molecule is Cc1cccc(N(CCCC(=O)NCc2cccc3ccccc23)S(C)(=O)=O)c1. The Morgan fingerprint density at radius 3 is 2.48 bits per heavy atom. The maximum absolute atomic E-state index is 12.3. The summed E-state index contributed by atoms with van der Waals surface area (Å²) in [6.07, 6.45) is 1.90. The number of amides is 1. The molecule has 1 N–H and O–H groups in total. The zero-order valence-electron chi connectivity index (χ0n) is 16.8. The van der Waals surface area contributed by atoms with Crippen LogP contribution in [-0.2, 0) is 21.4 Å². The highest BCUT2D eigenvalue weighted by Gasteiger charge is 2.17. The number of nitrogens with one attached hydrogen (secondary N) is 1. The van der Waals surface area contributed by atoms with Gasteiger partial charge in [-0.3, -0.25) is 9.10 Å². The van der Waals surface area contributed by atoms with Gasteiger partial charge < -0.3 is 5.32 Å². The number of hydrogen-bond donors (Lipinski definition) is 1. The van der Waals surface area contributed by atoms with E-state index in [0.29, 0.717) is 18.7 Å². The normalized spacial score (nSPS) is 11.4. The predicted molar refractivity (Wildman–Crippen MR) is 118 cm³/mol. The van der Waals surface area contributed by atoms with Crippen molar-refractivity contribution in [3.05, 3.63) is 77.9 Å². The summed E-state index contributed by atoms with van der Waals surface area (Å²) in [6, 6.07) is 21.5. The third-order valence-corrected chi connectivity index (χ3v) is 6.01. The van der Waals surface area contributed by atoms with Gasteiger partial charge in [-0.15, -0.1) is 0 Å². The number of benzene rings is 3. The van der Waals surface area contributed by atoms with Crippen LogP contribution in [0.1, 0.15) is 24.0 Å². The number of carbonyl (C=O) groups is 1. The van der Waals surface area contributed by atoms with Crippen LogP contribution in [-0.4, -0.2) is 27.1 Å². The Morgan fingerprint density at radius 1 is 1.00 bits per heavy atom. The van der Waals surface area contributed by atoms with E-state index < -0.39 is 10.0 Å². The van der Waals surface area contributed by atoms with Crippen LogP contribution in [0.2, 0.25) is 0 Å². The summed E-state index contributed by atoms with van der Waals surface area (Å²) in [6.45, 7) is 2.64. The predicted octanol–water partition coefficient (Wildman–Crippen LogP) is 4.01. The van der Waals surface area contributed by atoms with Crippen molar-refractivity contribution in [1.82, 2.24) is 5.32 Å². The molecule has 0 radical (unpaired) electrons. The van der Waals surface area contributed by atoms with Gasteiger partial charge in [0.25, 0.3) is 0 Å². The van der Waals surface area contributed by atoms with Crippen molar-refractivity contribution in [1.29, 1.82) is 0 Å². The molecule has 0 atom stereocenters. The van der Waals surface area contributed by atoms with Gasteiger partial charge in [-0.25, -0.2) is 8.42 Å². The van der Waals surface area contributed by atoms with E-state index in [9.17, 15) is 13.2 Å². The van der Waals surface area contributed by atoms with Gasteiger partial charge in [-0.1, -0.05) is 54.6 Å². The lowest BCUT2D eigenvalue weighted by molar-refractivity contribution is -0.121. The highest BCUT2D eigenvalue weighted by Crippen LogP contribution is 2.20. The molecule has 0 heterocycles. The van der Waals surface area contributed by atoms with Crippen molar-refractivity contribution < 1.29 is 13.2 Å². The van der Waals surface area contributed by atoms with Crippen LogP contribution >= 0.6 is 0 Å².